The van der Waals surface area contributed by atoms with Crippen LogP contribution >= 0.6 is 0 Å². The van der Waals surface area contributed by atoms with E-state index in [2.05, 4.69) is 24.8 Å². The Labute approximate surface area is 144 Å². The summed E-state index contributed by atoms with van der Waals surface area (Å²) in [5.41, 5.74) is 1.51. The fourth-order valence-electron chi connectivity index (χ4n) is 2.81. The molecule has 0 radical (unpaired) electrons. The molecule has 4 nitrogen and oxygen atoms in total. The second-order valence-electron chi connectivity index (χ2n) is 6.54. The maximum Gasteiger partial charge on any atom is 0.261 e. The number of hydrogen-bond donors (Lipinski definition) is 1. The van der Waals surface area contributed by atoms with Crippen LogP contribution in [0.5, 0.6) is 0 Å². The van der Waals surface area contributed by atoms with Gasteiger partial charge in [0.05, 0.1) is 6.26 Å². The zero-order chi connectivity index (χ0) is 17.6. The van der Waals surface area contributed by atoms with Crippen LogP contribution in [0.4, 0.5) is 0 Å². The first kappa shape index (κ1) is 22.4. The van der Waals surface area contributed by atoms with Crippen molar-refractivity contribution in [1.82, 2.24) is 4.90 Å². The van der Waals surface area contributed by atoms with Crippen LogP contribution in [-0.2, 0) is 10.1 Å². The number of unbranched alkanes of at least 4 members (excludes halogenated alkanes) is 9. The van der Waals surface area contributed by atoms with Crippen molar-refractivity contribution in [3.8, 4) is 0 Å². The van der Waals surface area contributed by atoms with Crippen LogP contribution < -0.4 is 0 Å². The summed E-state index contributed by atoms with van der Waals surface area (Å²) in [5.74, 6) is 0. The highest BCUT2D eigenvalue weighted by Gasteiger charge is 2.09. The molecule has 1 aliphatic heterocycles. The molecule has 5 heteroatoms. The van der Waals surface area contributed by atoms with E-state index in [-0.39, 0.29) is 0 Å². The lowest BCUT2D eigenvalue weighted by Gasteiger charge is -2.19. The number of nitrogens with zero attached hydrogens (tertiary/aromatic N) is 1. The molecule has 0 saturated heterocycles. The van der Waals surface area contributed by atoms with Gasteiger partial charge in [0.15, 0.2) is 0 Å². The van der Waals surface area contributed by atoms with Crippen LogP contribution in [0.25, 0.3) is 0 Å². The van der Waals surface area contributed by atoms with Gasteiger partial charge in [-0.2, -0.15) is 8.42 Å². The first-order chi connectivity index (χ1) is 10.8. The first-order valence-electron chi connectivity index (χ1n) is 9.18. The second-order valence-corrected chi connectivity index (χ2v) is 8.00. The summed E-state index contributed by atoms with van der Waals surface area (Å²) >= 11 is 0. The molecule has 0 aromatic rings. The molecule has 1 N–H and O–H groups in total. The molecule has 23 heavy (non-hydrogen) atoms. The van der Waals surface area contributed by atoms with Crippen molar-refractivity contribution in [1.29, 1.82) is 0 Å². The molecule has 0 aromatic heterocycles. The van der Waals surface area contributed by atoms with Crippen molar-refractivity contribution in [2.45, 2.75) is 84.5 Å². The van der Waals surface area contributed by atoms with Gasteiger partial charge in [0.1, 0.15) is 0 Å². The minimum atomic E-state index is -3.67. The third-order valence-electron chi connectivity index (χ3n) is 4.12. The average molecular weight is 348 g/mol. The van der Waals surface area contributed by atoms with E-state index >= 15 is 0 Å². The predicted molar refractivity (Wildman–Crippen MR) is 99.3 cm³/mol. The molecule has 0 aliphatic carbocycles. The SMILES string of the molecule is CCCCCCCCCCCCN1CCC=C1C.CS(=O)(=O)O. The Kier molecular flexibility index (Phi) is 13.5. The minimum Gasteiger partial charge on any atom is -0.375 e. The third kappa shape index (κ3) is 17.6. The van der Waals surface area contributed by atoms with E-state index in [0.717, 1.165) is 0 Å². The Bertz CT molecular complexity index is 396. The minimum absolute atomic E-state index is 0.715. The largest absolute Gasteiger partial charge is 0.375 e. The van der Waals surface area contributed by atoms with Crippen LogP contribution in [0.1, 0.15) is 84.5 Å². The highest BCUT2D eigenvalue weighted by Crippen LogP contribution is 2.15. The maximum absolute atomic E-state index is 9.19. The Morgan fingerprint density at radius 3 is 1.83 bits per heavy atom. The van der Waals surface area contributed by atoms with Gasteiger partial charge in [-0.05, 0) is 19.8 Å². The van der Waals surface area contributed by atoms with Crippen LogP contribution in [0.15, 0.2) is 11.8 Å². The van der Waals surface area contributed by atoms with E-state index in [0.29, 0.717) is 6.26 Å². The lowest BCUT2D eigenvalue weighted by atomic mass is 10.1. The van der Waals surface area contributed by atoms with Crippen LogP contribution in [0, 0.1) is 0 Å². The smallest absolute Gasteiger partial charge is 0.261 e. The van der Waals surface area contributed by atoms with Crippen molar-refractivity contribution >= 4 is 10.1 Å². The molecule has 0 amide bonds. The van der Waals surface area contributed by atoms with Gasteiger partial charge in [-0.3, -0.25) is 4.55 Å². The molecule has 0 aromatic carbocycles. The zero-order valence-corrected chi connectivity index (χ0v) is 16.2. The van der Waals surface area contributed by atoms with Crippen LogP contribution in [0.2, 0.25) is 0 Å². The topological polar surface area (TPSA) is 57.6 Å². The molecule has 1 aliphatic rings. The van der Waals surface area contributed by atoms with Gasteiger partial charge in [-0.1, -0.05) is 70.8 Å². The van der Waals surface area contributed by atoms with Crippen molar-refractivity contribution in [2.75, 3.05) is 19.3 Å². The van der Waals surface area contributed by atoms with Gasteiger partial charge in [0.2, 0.25) is 0 Å². The third-order valence-corrected chi connectivity index (χ3v) is 4.12. The highest BCUT2D eigenvalue weighted by molar-refractivity contribution is 7.85. The van der Waals surface area contributed by atoms with E-state index in [9.17, 15) is 8.42 Å². The molecule has 0 bridgehead atoms. The van der Waals surface area contributed by atoms with Gasteiger partial charge in [-0.25, -0.2) is 0 Å². The quantitative estimate of drug-likeness (QED) is 0.421. The maximum atomic E-state index is 9.19. The lowest BCUT2D eigenvalue weighted by molar-refractivity contribution is 0.362. The average Bonchev–Trinajstić information content (AvgIpc) is 2.85. The second kappa shape index (κ2) is 13.8. The standard InChI is InChI=1S/C17H33N.CH4O3S/c1-3-4-5-6-7-8-9-10-11-12-15-18-16-13-14-17(18)2;1-5(2,3)4/h14H,3-13,15-16H2,1-2H3;1H3,(H,2,3,4). The van der Waals surface area contributed by atoms with Crippen molar-refractivity contribution in [2.24, 2.45) is 0 Å². The first-order valence-corrected chi connectivity index (χ1v) is 11.0. The summed E-state index contributed by atoms with van der Waals surface area (Å²) in [6.07, 6.45) is 18.7. The molecule has 0 fully saturated rings. The van der Waals surface area contributed by atoms with Gasteiger partial charge in [-0.15, -0.1) is 0 Å². The molecule has 0 spiro atoms. The molecule has 0 saturated carbocycles. The van der Waals surface area contributed by atoms with Gasteiger partial charge >= 0.3 is 0 Å². The fraction of sp³-hybridized carbons (Fsp3) is 0.889. The Morgan fingerprint density at radius 2 is 1.43 bits per heavy atom. The Morgan fingerprint density at radius 1 is 1.00 bits per heavy atom. The molecule has 1 heterocycles. The number of rotatable bonds is 11. The van der Waals surface area contributed by atoms with Crippen molar-refractivity contribution in [3.05, 3.63) is 11.8 Å². The molecule has 0 unspecified atom stereocenters. The van der Waals surface area contributed by atoms with E-state index in [4.69, 9.17) is 4.55 Å². The normalized spacial score (nSPS) is 14.4. The number of hydrogen-bond acceptors (Lipinski definition) is 3. The van der Waals surface area contributed by atoms with E-state index in [1.807, 2.05) is 0 Å². The summed E-state index contributed by atoms with van der Waals surface area (Å²) in [6, 6.07) is 0. The Hall–Kier alpha value is -0.550. The summed E-state index contributed by atoms with van der Waals surface area (Å²) in [4.78, 5) is 2.55. The van der Waals surface area contributed by atoms with Crippen molar-refractivity contribution < 1.29 is 13.0 Å². The van der Waals surface area contributed by atoms with Gasteiger partial charge < -0.3 is 4.90 Å². The molecule has 0 atom stereocenters. The molecule has 138 valence electrons. The lowest BCUT2D eigenvalue weighted by Crippen LogP contribution is -2.19. The highest BCUT2D eigenvalue weighted by atomic mass is 32.2. The Balaban J connectivity index is 0.000000841. The van der Waals surface area contributed by atoms with E-state index in [1.54, 1.807) is 0 Å². The van der Waals surface area contributed by atoms with E-state index in [1.165, 1.54) is 89.4 Å². The molecular formula is C18H37NO3S. The molecule has 1 rings (SSSR count). The van der Waals surface area contributed by atoms with Crippen LogP contribution in [0.3, 0.4) is 0 Å². The fourth-order valence-corrected chi connectivity index (χ4v) is 2.81. The van der Waals surface area contributed by atoms with Gasteiger partial charge in [0, 0.05) is 18.8 Å². The molecular weight excluding hydrogens is 310 g/mol. The van der Waals surface area contributed by atoms with Crippen LogP contribution in [-0.4, -0.2) is 37.2 Å². The summed E-state index contributed by atoms with van der Waals surface area (Å²) < 4.78 is 25.9. The van der Waals surface area contributed by atoms with Crippen molar-refractivity contribution in [3.63, 3.8) is 0 Å². The monoisotopic (exact) mass is 347 g/mol. The summed E-state index contributed by atoms with van der Waals surface area (Å²) in [5, 5.41) is 0. The summed E-state index contributed by atoms with van der Waals surface area (Å²) in [6.45, 7) is 7.10. The zero-order valence-electron chi connectivity index (χ0n) is 15.4. The number of allylic oxidation sites excluding steroid dienone is 1. The summed E-state index contributed by atoms with van der Waals surface area (Å²) in [7, 11) is -3.67. The predicted octanol–water partition coefficient (Wildman–Crippen LogP) is 5.02. The van der Waals surface area contributed by atoms with E-state index < -0.39 is 10.1 Å². The van der Waals surface area contributed by atoms with Gasteiger partial charge in [0.25, 0.3) is 10.1 Å².